The highest BCUT2D eigenvalue weighted by atomic mass is 79.9. The highest BCUT2D eigenvalue weighted by molar-refractivity contribution is 9.11. The van der Waals surface area contributed by atoms with Gasteiger partial charge in [0.1, 0.15) is 0 Å². The Morgan fingerprint density at radius 3 is 2.47 bits per heavy atom. The molecule has 0 amide bonds. The van der Waals surface area contributed by atoms with Gasteiger partial charge in [0.15, 0.2) is 5.75 Å². The Hall–Kier alpha value is -0.200. The molecule has 1 aromatic rings. The van der Waals surface area contributed by atoms with Gasteiger partial charge in [-0.25, -0.2) is 0 Å². The van der Waals surface area contributed by atoms with E-state index >= 15 is 0 Å². The second kappa shape index (κ2) is 5.23. The van der Waals surface area contributed by atoms with Gasteiger partial charge in [-0.3, -0.25) is 4.79 Å². The first-order valence-corrected chi connectivity index (χ1v) is 5.52. The first-order chi connectivity index (χ1) is 6.93. The predicted molar refractivity (Wildman–Crippen MR) is 58.7 cm³/mol. The van der Waals surface area contributed by atoms with Crippen LogP contribution in [0.1, 0.15) is 10.4 Å². The summed E-state index contributed by atoms with van der Waals surface area (Å²) in [6.45, 7) is -2.97. The Balaban J connectivity index is 3.24. The average Bonchev–Trinajstić information content (AvgIpc) is 2.11. The van der Waals surface area contributed by atoms with Gasteiger partial charge in [-0.05, 0) is 55.6 Å². The lowest BCUT2D eigenvalue weighted by molar-refractivity contribution is -0.0509. The molecule has 0 saturated carbocycles. The van der Waals surface area contributed by atoms with E-state index in [0.29, 0.717) is 4.47 Å². The van der Waals surface area contributed by atoms with Crippen LogP contribution in [0.5, 0.6) is 5.75 Å². The molecule has 2 nitrogen and oxygen atoms in total. The quantitative estimate of drug-likeness (QED) is 0.752. The van der Waals surface area contributed by atoms with Crippen LogP contribution in [-0.4, -0.2) is 11.9 Å². The van der Waals surface area contributed by atoms with Gasteiger partial charge in [0, 0.05) is 0 Å². The van der Waals surface area contributed by atoms with Gasteiger partial charge in [0.25, 0.3) is 5.24 Å². The summed E-state index contributed by atoms with van der Waals surface area (Å²) in [5.41, 5.74) is 0.0653. The smallest absolute Gasteiger partial charge is 0.387 e. The minimum Gasteiger partial charge on any atom is -0.432 e. The molecular weight excluding hydrogens is 361 g/mol. The summed E-state index contributed by atoms with van der Waals surface area (Å²) in [4.78, 5) is 10.9. The molecule has 0 aliphatic heterocycles. The molecule has 0 atom stereocenters. The molecule has 0 fully saturated rings. The Morgan fingerprint density at radius 1 is 1.40 bits per heavy atom. The van der Waals surface area contributed by atoms with Gasteiger partial charge in [-0.2, -0.15) is 8.78 Å². The summed E-state index contributed by atoms with van der Waals surface area (Å²) in [6, 6.07) is 2.79. The van der Waals surface area contributed by atoms with E-state index in [4.69, 9.17) is 11.6 Å². The fourth-order valence-corrected chi connectivity index (χ4v) is 2.46. The van der Waals surface area contributed by atoms with Crippen molar-refractivity contribution in [3.05, 3.63) is 26.6 Å². The van der Waals surface area contributed by atoms with Crippen molar-refractivity contribution in [2.45, 2.75) is 6.61 Å². The van der Waals surface area contributed by atoms with Crippen LogP contribution < -0.4 is 4.74 Å². The molecule has 0 radical (unpaired) electrons. The number of carbonyl (C=O) groups is 1. The topological polar surface area (TPSA) is 26.3 Å². The number of carbonyl (C=O) groups excluding carboxylic acids is 1. The van der Waals surface area contributed by atoms with Gasteiger partial charge < -0.3 is 4.74 Å². The summed E-state index contributed by atoms with van der Waals surface area (Å²) in [5.74, 6) is -0.156. The molecule has 15 heavy (non-hydrogen) atoms. The molecule has 0 heterocycles. The molecule has 0 aromatic heterocycles. The van der Waals surface area contributed by atoms with Crippen molar-refractivity contribution < 1.29 is 18.3 Å². The van der Waals surface area contributed by atoms with Crippen LogP contribution in [0.3, 0.4) is 0 Å². The number of benzene rings is 1. The van der Waals surface area contributed by atoms with Crippen LogP contribution >= 0.6 is 43.5 Å². The van der Waals surface area contributed by atoms with E-state index in [-0.39, 0.29) is 15.8 Å². The van der Waals surface area contributed by atoms with Crippen molar-refractivity contribution in [2.75, 3.05) is 0 Å². The van der Waals surface area contributed by atoms with E-state index < -0.39 is 11.9 Å². The number of hydrogen-bond acceptors (Lipinski definition) is 2. The fraction of sp³-hybridized carbons (Fsp3) is 0.125. The number of halogens is 5. The first-order valence-electron chi connectivity index (χ1n) is 3.56. The number of alkyl halides is 2. The molecule has 0 saturated heterocycles. The standard InChI is InChI=1S/C8H3Br2ClF2O2/c9-4-2-1-3(7(11)14)5(10)6(4)15-8(12)13/h1-2,8H. The van der Waals surface area contributed by atoms with Gasteiger partial charge in [0.2, 0.25) is 0 Å². The molecule has 7 heteroatoms. The first kappa shape index (κ1) is 12.9. The van der Waals surface area contributed by atoms with Crippen molar-refractivity contribution in [2.24, 2.45) is 0 Å². The second-order valence-electron chi connectivity index (χ2n) is 2.39. The van der Waals surface area contributed by atoms with Crippen LogP contribution in [0.4, 0.5) is 8.78 Å². The minimum absolute atomic E-state index is 0.0653. The monoisotopic (exact) mass is 362 g/mol. The Morgan fingerprint density at radius 2 is 2.00 bits per heavy atom. The summed E-state index contributed by atoms with van der Waals surface area (Å²) < 4.78 is 28.7. The maximum absolute atomic E-state index is 12.0. The van der Waals surface area contributed by atoms with Crippen LogP contribution in [-0.2, 0) is 0 Å². The van der Waals surface area contributed by atoms with Gasteiger partial charge in [-0.1, -0.05) is 0 Å². The molecule has 0 bridgehead atoms. The highest BCUT2D eigenvalue weighted by Gasteiger charge is 2.18. The fourth-order valence-electron chi connectivity index (χ4n) is 0.881. The maximum Gasteiger partial charge on any atom is 0.387 e. The molecule has 1 aromatic carbocycles. The normalized spacial score (nSPS) is 10.5. The molecular formula is C8H3Br2ClF2O2. The van der Waals surface area contributed by atoms with Gasteiger partial charge in [-0.15, -0.1) is 0 Å². The summed E-state index contributed by atoms with van der Waals surface area (Å²) in [5, 5.41) is -0.756. The number of rotatable bonds is 3. The molecule has 0 aliphatic rings. The van der Waals surface area contributed by atoms with Crippen molar-refractivity contribution in [1.82, 2.24) is 0 Å². The van der Waals surface area contributed by atoms with E-state index in [2.05, 4.69) is 36.6 Å². The van der Waals surface area contributed by atoms with E-state index in [9.17, 15) is 13.6 Å². The third-order valence-electron chi connectivity index (χ3n) is 1.47. The van der Waals surface area contributed by atoms with Crippen LogP contribution in [0, 0.1) is 0 Å². The Kier molecular flexibility index (Phi) is 4.48. The molecule has 0 unspecified atom stereocenters. The highest BCUT2D eigenvalue weighted by Crippen LogP contribution is 2.37. The van der Waals surface area contributed by atoms with Gasteiger partial charge >= 0.3 is 6.61 Å². The Labute approximate surface area is 106 Å². The molecule has 0 spiro atoms. The zero-order valence-electron chi connectivity index (χ0n) is 6.94. The van der Waals surface area contributed by atoms with Gasteiger partial charge in [0.05, 0.1) is 14.5 Å². The Bertz CT molecular complexity index is 398. The lowest BCUT2D eigenvalue weighted by atomic mass is 10.2. The SMILES string of the molecule is O=C(Cl)c1ccc(Br)c(OC(F)F)c1Br. The zero-order valence-corrected chi connectivity index (χ0v) is 10.9. The van der Waals surface area contributed by atoms with Crippen molar-refractivity contribution in [1.29, 1.82) is 0 Å². The maximum atomic E-state index is 12.0. The second-order valence-corrected chi connectivity index (χ2v) is 4.38. The molecule has 0 N–H and O–H groups in total. The predicted octanol–water partition coefficient (Wildman–Crippen LogP) is 4.19. The van der Waals surface area contributed by atoms with Crippen molar-refractivity contribution in [3.63, 3.8) is 0 Å². The zero-order chi connectivity index (χ0) is 11.6. The van der Waals surface area contributed by atoms with Crippen molar-refractivity contribution in [3.8, 4) is 5.75 Å². The number of hydrogen-bond donors (Lipinski definition) is 0. The van der Waals surface area contributed by atoms with E-state index in [0.717, 1.165) is 0 Å². The average molecular weight is 364 g/mol. The molecule has 82 valence electrons. The van der Waals surface area contributed by atoms with Crippen molar-refractivity contribution >= 4 is 48.7 Å². The van der Waals surface area contributed by atoms with E-state index in [1.54, 1.807) is 0 Å². The minimum atomic E-state index is -2.97. The van der Waals surface area contributed by atoms with E-state index in [1.807, 2.05) is 0 Å². The van der Waals surface area contributed by atoms with E-state index in [1.165, 1.54) is 12.1 Å². The third-order valence-corrected chi connectivity index (χ3v) is 3.08. The van der Waals surface area contributed by atoms with Crippen LogP contribution in [0.2, 0.25) is 0 Å². The van der Waals surface area contributed by atoms with Crippen LogP contribution in [0.15, 0.2) is 21.1 Å². The summed E-state index contributed by atoms with van der Waals surface area (Å²) in [6.07, 6.45) is 0. The summed E-state index contributed by atoms with van der Waals surface area (Å²) >= 11 is 11.2. The number of ether oxygens (including phenoxy) is 1. The molecule has 0 aliphatic carbocycles. The van der Waals surface area contributed by atoms with Crippen LogP contribution in [0.25, 0.3) is 0 Å². The third kappa shape index (κ3) is 3.12. The lowest BCUT2D eigenvalue weighted by Crippen LogP contribution is -2.05. The summed E-state index contributed by atoms with van der Waals surface area (Å²) in [7, 11) is 0. The lowest BCUT2D eigenvalue weighted by Gasteiger charge is -2.10. The largest absolute Gasteiger partial charge is 0.432 e. The molecule has 1 rings (SSSR count).